The van der Waals surface area contributed by atoms with Crippen molar-refractivity contribution in [1.82, 2.24) is 0 Å². The number of thiophene rings is 3. The van der Waals surface area contributed by atoms with Gasteiger partial charge in [0, 0.05) is 77.6 Å². The van der Waals surface area contributed by atoms with Crippen LogP contribution in [0, 0.1) is 0 Å². The smallest absolute Gasteiger partial charge is 0.0476 e. The lowest BCUT2D eigenvalue weighted by Gasteiger charge is -2.26. The molecular formula is C40H23NS3. The van der Waals surface area contributed by atoms with Crippen LogP contribution in [0.2, 0.25) is 0 Å². The predicted molar refractivity (Wildman–Crippen MR) is 197 cm³/mol. The molecule has 10 aromatic rings. The second-order valence-electron chi connectivity index (χ2n) is 11.4. The molecule has 0 radical (unpaired) electrons. The van der Waals surface area contributed by atoms with Crippen LogP contribution < -0.4 is 4.90 Å². The van der Waals surface area contributed by atoms with Gasteiger partial charge in [0.25, 0.3) is 0 Å². The molecular weight excluding hydrogens is 591 g/mol. The number of fused-ring (bicyclic) bond motifs is 10. The van der Waals surface area contributed by atoms with Gasteiger partial charge in [-0.05, 0) is 77.5 Å². The highest BCUT2D eigenvalue weighted by atomic mass is 32.1. The third-order valence-corrected chi connectivity index (χ3v) is 12.2. The zero-order valence-corrected chi connectivity index (χ0v) is 25.9. The quantitative estimate of drug-likeness (QED) is 0.192. The molecule has 0 aliphatic heterocycles. The zero-order valence-electron chi connectivity index (χ0n) is 23.5. The zero-order chi connectivity index (χ0) is 28.8. The molecule has 0 N–H and O–H groups in total. The van der Waals surface area contributed by atoms with Gasteiger partial charge in [-0.2, -0.15) is 0 Å². The molecule has 10 rings (SSSR count). The molecule has 0 aliphatic carbocycles. The van der Waals surface area contributed by atoms with Crippen LogP contribution in [0.5, 0.6) is 0 Å². The number of hydrogen-bond acceptors (Lipinski definition) is 4. The van der Waals surface area contributed by atoms with E-state index in [1.54, 1.807) is 0 Å². The molecule has 0 atom stereocenters. The Hall–Kier alpha value is -4.74. The average Bonchev–Trinajstić information content (AvgIpc) is 3.74. The van der Waals surface area contributed by atoms with E-state index < -0.39 is 0 Å². The highest BCUT2D eigenvalue weighted by Crippen LogP contribution is 2.44. The summed E-state index contributed by atoms with van der Waals surface area (Å²) in [4.78, 5) is 2.43. The summed E-state index contributed by atoms with van der Waals surface area (Å²) in [6.07, 6.45) is 0. The Balaban J connectivity index is 1.21. The molecule has 0 amide bonds. The van der Waals surface area contributed by atoms with Crippen molar-refractivity contribution in [1.29, 1.82) is 0 Å². The fourth-order valence-corrected chi connectivity index (χ4v) is 10.2. The number of nitrogens with zero attached hydrogens (tertiary/aromatic N) is 1. The van der Waals surface area contributed by atoms with Crippen molar-refractivity contribution < 1.29 is 0 Å². The van der Waals surface area contributed by atoms with Gasteiger partial charge in [-0.25, -0.2) is 0 Å². The van der Waals surface area contributed by atoms with Crippen molar-refractivity contribution >= 4 is 122 Å². The first-order valence-corrected chi connectivity index (χ1v) is 17.2. The van der Waals surface area contributed by atoms with E-state index in [2.05, 4.69) is 144 Å². The Morgan fingerprint density at radius 1 is 0.295 bits per heavy atom. The highest BCUT2D eigenvalue weighted by molar-refractivity contribution is 7.26. The lowest BCUT2D eigenvalue weighted by Crippen LogP contribution is -2.09. The van der Waals surface area contributed by atoms with Crippen LogP contribution in [0.25, 0.3) is 71.3 Å². The molecule has 0 saturated heterocycles. The monoisotopic (exact) mass is 613 g/mol. The number of hydrogen-bond donors (Lipinski definition) is 0. The molecule has 0 aliphatic rings. The molecule has 0 bridgehead atoms. The first kappa shape index (κ1) is 24.7. The van der Waals surface area contributed by atoms with E-state index in [0.717, 1.165) is 5.69 Å². The number of anilines is 3. The van der Waals surface area contributed by atoms with Crippen LogP contribution >= 0.6 is 34.0 Å². The van der Waals surface area contributed by atoms with E-state index in [0.29, 0.717) is 0 Å². The van der Waals surface area contributed by atoms with E-state index >= 15 is 0 Å². The summed E-state index contributed by atoms with van der Waals surface area (Å²) in [5.74, 6) is 0. The molecule has 0 fully saturated rings. The summed E-state index contributed by atoms with van der Waals surface area (Å²) >= 11 is 5.62. The molecule has 3 aromatic heterocycles. The maximum absolute atomic E-state index is 2.43. The third-order valence-electron chi connectivity index (χ3n) is 8.82. The van der Waals surface area contributed by atoms with Crippen molar-refractivity contribution in [3.63, 3.8) is 0 Å². The van der Waals surface area contributed by atoms with Gasteiger partial charge in [0.05, 0.1) is 0 Å². The molecule has 0 unspecified atom stereocenters. The lowest BCUT2D eigenvalue weighted by atomic mass is 10.0. The first-order chi connectivity index (χ1) is 21.8. The topological polar surface area (TPSA) is 3.24 Å². The number of rotatable bonds is 3. The van der Waals surface area contributed by atoms with Crippen molar-refractivity contribution in [2.75, 3.05) is 4.90 Å². The van der Waals surface area contributed by atoms with E-state index in [1.165, 1.54) is 82.7 Å². The van der Waals surface area contributed by atoms with Gasteiger partial charge in [-0.3, -0.25) is 0 Å². The summed E-state index contributed by atoms with van der Waals surface area (Å²) in [6.45, 7) is 0. The number of benzene rings is 7. The Bertz CT molecular complexity index is 2630. The third kappa shape index (κ3) is 3.69. The van der Waals surface area contributed by atoms with Crippen LogP contribution in [0.3, 0.4) is 0 Å². The molecule has 0 saturated carbocycles. The second-order valence-corrected chi connectivity index (χ2v) is 14.6. The molecule has 44 heavy (non-hydrogen) atoms. The Morgan fingerprint density at radius 2 is 0.727 bits per heavy atom. The van der Waals surface area contributed by atoms with Crippen LogP contribution in [-0.4, -0.2) is 0 Å². The summed E-state index contributed by atoms with van der Waals surface area (Å²) in [5, 5.41) is 10.5. The predicted octanol–water partition coefficient (Wildman–Crippen LogP) is 13.4. The van der Waals surface area contributed by atoms with E-state index in [9.17, 15) is 0 Å². The van der Waals surface area contributed by atoms with Gasteiger partial charge >= 0.3 is 0 Å². The van der Waals surface area contributed by atoms with Crippen LogP contribution in [0.1, 0.15) is 0 Å². The van der Waals surface area contributed by atoms with Crippen molar-refractivity contribution in [2.45, 2.75) is 0 Å². The maximum atomic E-state index is 2.43. The van der Waals surface area contributed by atoms with Crippen LogP contribution in [0.15, 0.2) is 140 Å². The molecule has 1 nitrogen and oxygen atoms in total. The SMILES string of the molecule is c1ccc2c(c1)sc1cc(N(c3ccc4cc5sc6ccccc6c5cc4c3)c3ccc4c(c3)sc3ccccc34)ccc12. The fraction of sp³-hybridized carbons (Fsp3) is 0. The summed E-state index contributed by atoms with van der Waals surface area (Å²) in [5.41, 5.74) is 3.51. The van der Waals surface area contributed by atoms with Gasteiger partial charge in [0.2, 0.25) is 0 Å². The van der Waals surface area contributed by atoms with Gasteiger partial charge < -0.3 is 4.90 Å². The maximum Gasteiger partial charge on any atom is 0.0476 e. The molecule has 0 spiro atoms. The second kappa shape index (κ2) is 9.38. The van der Waals surface area contributed by atoms with Crippen molar-refractivity contribution in [3.05, 3.63) is 140 Å². The molecule has 4 heteroatoms. The average molecular weight is 614 g/mol. The van der Waals surface area contributed by atoms with Gasteiger partial charge in [-0.1, -0.05) is 72.8 Å². The Kier molecular flexibility index (Phi) is 5.26. The first-order valence-electron chi connectivity index (χ1n) is 14.7. The van der Waals surface area contributed by atoms with E-state index in [4.69, 9.17) is 0 Å². The summed E-state index contributed by atoms with van der Waals surface area (Å²) in [7, 11) is 0. The molecule has 7 aromatic carbocycles. The minimum atomic E-state index is 1.16. The van der Waals surface area contributed by atoms with Gasteiger partial charge in [-0.15, -0.1) is 34.0 Å². The minimum absolute atomic E-state index is 1.16. The largest absolute Gasteiger partial charge is 0.310 e. The highest BCUT2D eigenvalue weighted by Gasteiger charge is 2.17. The fourth-order valence-electron chi connectivity index (χ4n) is 6.75. The Labute approximate surface area is 265 Å². The van der Waals surface area contributed by atoms with E-state index in [-0.39, 0.29) is 0 Å². The Morgan fingerprint density at radius 3 is 1.30 bits per heavy atom. The van der Waals surface area contributed by atoms with Gasteiger partial charge in [0.15, 0.2) is 0 Å². The standard InChI is InChI=1S/C40H23NS3/c1-4-10-35-29(7-1)32-17-15-27(22-39(32)43-35)41(28-16-18-33-30-8-2-5-11-36(30)44-40(33)23-28)26-14-13-24-21-38-34(20-25(24)19-26)31-9-3-6-12-37(31)42-38/h1-23H. The normalized spacial score (nSPS) is 12.1. The minimum Gasteiger partial charge on any atom is -0.310 e. The van der Waals surface area contributed by atoms with Crippen LogP contribution in [-0.2, 0) is 0 Å². The van der Waals surface area contributed by atoms with Crippen molar-refractivity contribution in [3.8, 4) is 0 Å². The molecule has 206 valence electrons. The summed E-state index contributed by atoms with van der Waals surface area (Å²) in [6, 6.07) is 51.8. The lowest BCUT2D eigenvalue weighted by molar-refractivity contribution is 1.30. The van der Waals surface area contributed by atoms with Crippen LogP contribution in [0.4, 0.5) is 17.1 Å². The van der Waals surface area contributed by atoms with Crippen molar-refractivity contribution in [2.24, 2.45) is 0 Å². The summed E-state index contributed by atoms with van der Waals surface area (Å²) < 4.78 is 7.96. The van der Waals surface area contributed by atoms with E-state index in [1.807, 2.05) is 34.0 Å². The van der Waals surface area contributed by atoms with Gasteiger partial charge in [0.1, 0.15) is 0 Å². The molecule has 3 heterocycles.